The Hall–Kier alpha value is -2.95. The summed E-state index contributed by atoms with van der Waals surface area (Å²) >= 11 is 0. The van der Waals surface area contributed by atoms with E-state index in [4.69, 9.17) is 4.74 Å². The number of carbonyl (C=O) groups is 2. The van der Waals surface area contributed by atoms with Gasteiger partial charge >= 0.3 is 0 Å². The standard InChI is InChI=1S/C26H33N3O6S/c1-17-14-29(18(2)16-30)26(32)21-10-7-11-22(27-25(31)19-12-13-19)24(21)35-23(17)15-28(3)36(33,34)20-8-5-4-6-9-20/h4-11,17-19,23,30H,12-16H2,1-3H3,(H,27,31)/t17-,18-,23+/m0/s1. The summed E-state index contributed by atoms with van der Waals surface area (Å²) in [6.07, 6.45) is 1.02. The third kappa shape index (κ3) is 5.40. The number of likely N-dealkylation sites (N-methyl/N-ethyl adjacent to an activating group) is 1. The molecular formula is C26H33N3O6S. The van der Waals surface area contributed by atoms with Crippen molar-refractivity contribution in [3.05, 3.63) is 54.1 Å². The van der Waals surface area contributed by atoms with Crippen LogP contribution in [0, 0.1) is 11.8 Å². The highest BCUT2D eigenvalue weighted by Crippen LogP contribution is 2.37. The number of aliphatic hydroxyl groups excluding tert-OH is 1. The zero-order chi connectivity index (χ0) is 26.0. The molecule has 2 aliphatic rings. The molecule has 1 heterocycles. The molecule has 2 aromatic rings. The summed E-state index contributed by atoms with van der Waals surface area (Å²) in [6.45, 7) is 3.71. The van der Waals surface area contributed by atoms with Crippen molar-refractivity contribution < 1.29 is 27.9 Å². The van der Waals surface area contributed by atoms with E-state index in [1.54, 1.807) is 60.4 Å². The van der Waals surface area contributed by atoms with Crippen LogP contribution in [0.4, 0.5) is 5.69 Å². The first-order valence-electron chi connectivity index (χ1n) is 12.2. The monoisotopic (exact) mass is 515 g/mol. The number of hydrogen-bond donors (Lipinski definition) is 2. The topological polar surface area (TPSA) is 116 Å². The molecule has 2 N–H and O–H groups in total. The van der Waals surface area contributed by atoms with Crippen molar-refractivity contribution in [2.24, 2.45) is 11.8 Å². The molecule has 0 bridgehead atoms. The molecule has 10 heteroatoms. The van der Waals surface area contributed by atoms with E-state index in [0.717, 1.165) is 12.8 Å². The first-order chi connectivity index (χ1) is 17.1. The molecule has 1 aliphatic carbocycles. The van der Waals surface area contributed by atoms with E-state index in [9.17, 15) is 23.1 Å². The number of amides is 2. The second kappa shape index (κ2) is 10.6. The molecule has 4 rings (SSSR count). The van der Waals surface area contributed by atoms with Crippen LogP contribution < -0.4 is 10.1 Å². The zero-order valence-electron chi connectivity index (χ0n) is 20.8. The van der Waals surface area contributed by atoms with Gasteiger partial charge in [-0.1, -0.05) is 31.2 Å². The van der Waals surface area contributed by atoms with Gasteiger partial charge in [0.15, 0.2) is 5.75 Å². The molecule has 0 saturated heterocycles. The summed E-state index contributed by atoms with van der Waals surface area (Å²) in [4.78, 5) is 27.8. The minimum Gasteiger partial charge on any atom is -0.486 e. The number of aliphatic hydroxyl groups is 1. The van der Waals surface area contributed by atoms with Crippen LogP contribution in [-0.4, -0.2) is 73.4 Å². The highest BCUT2D eigenvalue weighted by Gasteiger charge is 2.37. The van der Waals surface area contributed by atoms with Crippen LogP contribution in [0.25, 0.3) is 0 Å². The average molecular weight is 516 g/mol. The number of benzene rings is 2. The molecule has 2 aromatic carbocycles. The number of para-hydroxylation sites is 1. The first-order valence-corrected chi connectivity index (χ1v) is 13.6. The van der Waals surface area contributed by atoms with Gasteiger partial charge in [0.05, 0.1) is 35.3 Å². The summed E-state index contributed by atoms with van der Waals surface area (Å²) in [5, 5.41) is 12.7. The second-order valence-corrected chi connectivity index (χ2v) is 11.7. The van der Waals surface area contributed by atoms with Crippen LogP contribution in [0.2, 0.25) is 0 Å². The SMILES string of the molecule is C[C@H]1CN([C@@H](C)CO)C(=O)c2cccc(NC(=O)C3CC3)c2O[C@@H]1CN(C)S(=O)(=O)c1ccccc1. The summed E-state index contributed by atoms with van der Waals surface area (Å²) < 4.78 is 34.0. The van der Waals surface area contributed by atoms with Gasteiger partial charge in [-0.2, -0.15) is 4.31 Å². The Morgan fingerprint density at radius 1 is 1.19 bits per heavy atom. The highest BCUT2D eigenvalue weighted by atomic mass is 32.2. The fraction of sp³-hybridized carbons (Fsp3) is 0.462. The van der Waals surface area contributed by atoms with Crippen LogP contribution >= 0.6 is 0 Å². The third-order valence-electron chi connectivity index (χ3n) is 6.79. The minimum atomic E-state index is -3.77. The summed E-state index contributed by atoms with van der Waals surface area (Å²) in [5.41, 5.74) is 0.636. The van der Waals surface area contributed by atoms with Crippen LogP contribution in [0.3, 0.4) is 0 Å². The van der Waals surface area contributed by atoms with E-state index in [1.165, 1.54) is 11.4 Å². The van der Waals surface area contributed by atoms with Gasteiger partial charge in [0.25, 0.3) is 5.91 Å². The van der Waals surface area contributed by atoms with E-state index in [2.05, 4.69) is 5.32 Å². The zero-order valence-corrected chi connectivity index (χ0v) is 21.6. The van der Waals surface area contributed by atoms with E-state index in [1.807, 2.05) is 6.92 Å². The lowest BCUT2D eigenvalue weighted by molar-refractivity contribution is -0.117. The van der Waals surface area contributed by atoms with Crippen LogP contribution in [-0.2, 0) is 14.8 Å². The average Bonchev–Trinajstić information content (AvgIpc) is 3.72. The Labute approximate surface area is 212 Å². The second-order valence-electron chi connectivity index (χ2n) is 9.67. The Balaban J connectivity index is 1.71. The number of rotatable bonds is 8. The number of ether oxygens (including phenoxy) is 1. The van der Waals surface area contributed by atoms with Gasteiger partial charge in [-0.15, -0.1) is 0 Å². The number of carbonyl (C=O) groups excluding carboxylic acids is 2. The molecule has 3 atom stereocenters. The van der Waals surface area contributed by atoms with Crippen molar-refractivity contribution >= 4 is 27.5 Å². The molecule has 0 unspecified atom stereocenters. The maximum atomic E-state index is 13.5. The Morgan fingerprint density at radius 3 is 2.53 bits per heavy atom. The van der Waals surface area contributed by atoms with Gasteiger partial charge in [0, 0.05) is 25.4 Å². The predicted molar refractivity (Wildman–Crippen MR) is 135 cm³/mol. The van der Waals surface area contributed by atoms with Crippen molar-refractivity contribution in [3.63, 3.8) is 0 Å². The van der Waals surface area contributed by atoms with Crippen molar-refractivity contribution in [2.75, 3.05) is 32.1 Å². The number of fused-ring (bicyclic) bond motifs is 1. The lowest BCUT2D eigenvalue weighted by Gasteiger charge is -2.38. The van der Waals surface area contributed by atoms with Gasteiger partial charge < -0.3 is 20.1 Å². The molecule has 1 fully saturated rings. The minimum absolute atomic E-state index is 0.0261. The van der Waals surface area contributed by atoms with Gasteiger partial charge in [0.1, 0.15) is 6.10 Å². The summed E-state index contributed by atoms with van der Waals surface area (Å²) in [6, 6.07) is 12.7. The van der Waals surface area contributed by atoms with E-state index in [0.29, 0.717) is 5.69 Å². The Bertz CT molecular complexity index is 1220. The van der Waals surface area contributed by atoms with Gasteiger partial charge in [-0.05, 0) is 44.0 Å². The van der Waals surface area contributed by atoms with Crippen LogP contribution in [0.15, 0.2) is 53.4 Å². The van der Waals surface area contributed by atoms with E-state index < -0.39 is 22.2 Å². The predicted octanol–water partition coefficient (Wildman–Crippen LogP) is 2.58. The van der Waals surface area contributed by atoms with E-state index >= 15 is 0 Å². The molecule has 0 radical (unpaired) electrons. The molecule has 0 aromatic heterocycles. The number of anilines is 1. The van der Waals surface area contributed by atoms with Crippen molar-refractivity contribution in [1.29, 1.82) is 0 Å². The fourth-order valence-corrected chi connectivity index (χ4v) is 5.47. The van der Waals surface area contributed by atoms with Gasteiger partial charge in [-0.25, -0.2) is 8.42 Å². The Kier molecular flexibility index (Phi) is 7.67. The number of nitrogens with zero attached hydrogens (tertiary/aromatic N) is 2. The highest BCUT2D eigenvalue weighted by molar-refractivity contribution is 7.89. The smallest absolute Gasteiger partial charge is 0.258 e. The molecule has 2 amide bonds. The lowest BCUT2D eigenvalue weighted by Crippen LogP contribution is -2.50. The normalized spacial score (nSPS) is 21.2. The van der Waals surface area contributed by atoms with Crippen LogP contribution in [0.1, 0.15) is 37.0 Å². The maximum Gasteiger partial charge on any atom is 0.258 e. The Morgan fingerprint density at radius 2 is 1.89 bits per heavy atom. The molecule has 0 spiro atoms. The molecule has 9 nitrogen and oxygen atoms in total. The maximum absolute atomic E-state index is 13.5. The van der Waals surface area contributed by atoms with Crippen LogP contribution in [0.5, 0.6) is 5.75 Å². The van der Waals surface area contributed by atoms with Gasteiger partial charge in [0.2, 0.25) is 15.9 Å². The first kappa shape index (κ1) is 26.1. The molecule has 1 aliphatic heterocycles. The summed E-state index contributed by atoms with van der Waals surface area (Å²) in [5.74, 6) is -0.557. The lowest BCUT2D eigenvalue weighted by atomic mass is 9.99. The molecular weight excluding hydrogens is 482 g/mol. The van der Waals surface area contributed by atoms with E-state index in [-0.39, 0.29) is 59.6 Å². The number of hydrogen-bond acceptors (Lipinski definition) is 6. The third-order valence-corrected chi connectivity index (χ3v) is 8.62. The number of nitrogens with one attached hydrogen (secondary N) is 1. The quantitative estimate of drug-likeness (QED) is 0.558. The fourth-order valence-electron chi connectivity index (χ4n) is 4.26. The van der Waals surface area contributed by atoms with Crippen molar-refractivity contribution in [1.82, 2.24) is 9.21 Å². The summed E-state index contributed by atoms with van der Waals surface area (Å²) in [7, 11) is -2.28. The molecule has 1 saturated carbocycles. The molecule has 36 heavy (non-hydrogen) atoms. The van der Waals surface area contributed by atoms with Crippen molar-refractivity contribution in [3.8, 4) is 5.75 Å². The number of sulfonamides is 1. The van der Waals surface area contributed by atoms with Gasteiger partial charge in [-0.3, -0.25) is 9.59 Å². The molecule has 194 valence electrons. The van der Waals surface area contributed by atoms with Crippen molar-refractivity contribution in [2.45, 2.75) is 43.7 Å². The largest absolute Gasteiger partial charge is 0.486 e.